The van der Waals surface area contributed by atoms with Crippen molar-refractivity contribution in [2.24, 2.45) is 0 Å². The van der Waals surface area contributed by atoms with Crippen molar-refractivity contribution in [1.29, 1.82) is 0 Å². The predicted molar refractivity (Wildman–Crippen MR) is 103 cm³/mol. The number of carbonyl (C=O) groups excluding carboxylic acids is 2. The van der Waals surface area contributed by atoms with Crippen molar-refractivity contribution in [2.45, 2.75) is 12.8 Å². The Morgan fingerprint density at radius 1 is 0.893 bits per heavy atom. The predicted octanol–water partition coefficient (Wildman–Crippen LogP) is 3.75. The lowest BCUT2D eigenvalue weighted by molar-refractivity contribution is 0.0476. The maximum absolute atomic E-state index is 12.7. The second-order valence-electron chi connectivity index (χ2n) is 6.97. The van der Waals surface area contributed by atoms with E-state index in [9.17, 15) is 9.59 Å². The van der Waals surface area contributed by atoms with Crippen molar-refractivity contribution in [1.82, 2.24) is 0 Å². The average Bonchev–Trinajstić information content (AvgIpc) is 3.16. The summed E-state index contributed by atoms with van der Waals surface area (Å²) < 4.78 is 16.3. The molecule has 2 aliphatic rings. The lowest BCUT2D eigenvalue weighted by atomic mass is 10.00. The zero-order valence-corrected chi connectivity index (χ0v) is 15.2. The molecule has 0 bridgehead atoms. The van der Waals surface area contributed by atoms with E-state index in [1.807, 2.05) is 18.2 Å². The molecule has 1 heterocycles. The van der Waals surface area contributed by atoms with E-state index in [1.165, 1.54) is 11.1 Å². The third kappa shape index (κ3) is 2.80. The molecule has 3 aromatic carbocycles. The fourth-order valence-corrected chi connectivity index (χ4v) is 3.93. The molecule has 0 fully saturated rings. The fraction of sp³-hybridized carbons (Fsp3) is 0.217. The summed E-state index contributed by atoms with van der Waals surface area (Å²) in [6, 6.07) is 14.8. The minimum Gasteiger partial charge on any atom is -0.486 e. The topological polar surface area (TPSA) is 61.8 Å². The number of benzene rings is 3. The Morgan fingerprint density at radius 2 is 1.68 bits per heavy atom. The molecule has 3 aromatic rings. The Morgan fingerprint density at radius 3 is 2.54 bits per heavy atom. The van der Waals surface area contributed by atoms with Crippen LogP contribution in [0.25, 0.3) is 10.8 Å². The Labute approximate surface area is 161 Å². The molecule has 140 valence electrons. The Bertz CT molecular complexity index is 1110. The number of aryl methyl sites for hydroxylation is 2. The number of rotatable bonds is 4. The monoisotopic (exact) mass is 374 g/mol. The molecule has 1 aliphatic heterocycles. The van der Waals surface area contributed by atoms with Gasteiger partial charge in [0.25, 0.3) is 0 Å². The smallest absolute Gasteiger partial charge is 0.339 e. The first-order valence-electron chi connectivity index (χ1n) is 9.34. The molecule has 0 saturated heterocycles. The normalized spacial score (nSPS) is 14.1. The van der Waals surface area contributed by atoms with Crippen LogP contribution < -0.4 is 9.47 Å². The maximum atomic E-state index is 12.7. The summed E-state index contributed by atoms with van der Waals surface area (Å²) in [5, 5.41) is 2.04. The van der Waals surface area contributed by atoms with Gasteiger partial charge in [-0.15, -0.1) is 0 Å². The summed E-state index contributed by atoms with van der Waals surface area (Å²) >= 11 is 0. The van der Waals surface area contributed by atoms with Crippen LogP contribution in [-0.4, -0.2) is 31.6 Å². The zero-order valence-electron chi connectivity index (χ0n) is 15.2. The Hall–Kier alpha value is -3.34. The maximum Gasteiger partial charge on any atom is 0.339 e. The van der Waals surface area contributed by atoms with E-state index in [1.54, 1.807) is 24.3 Å². The molecule has 5 nitrogen and oxygen atoms in total. The minimum atomic E-state index is -0.485. The standard InChI is InChI=1S/C23H18O5/c24-19(16-7-9-20-21(12-16)27-11-10-26-20)13-28-23(25)18-8-6-15-5-4-14-2-1-3-17(18)22(14)15/h1-3,6-9,12H,4-5,10-11,13H2. The van der Waals surface area contributed by atoms with Crippen LogP contribution in [-0.2, 0) is 17.6 Å². The molecule has 0 radical (unpaired) electrons. The van der Waals surface area contributed by atoms with Crippen LogP contribution in [0.1, 0.15) is 31.8 Å². The van der Waals surface area contributed by atoms with E-state index >= 15 is 0 Å². The third-order valence-corrected chi connectivity index (χ3v) is 5.30. The molecule has 5 rings (SSSR count). The van der Waals surface area contributed by atoms with Gasteiger partial charge in [-0.3, -0.25) is 4.79 Å². The highest BCUT2D eigenvalue weighted by Crippen LogP contribution is 2.33. The molecule has 0 N–H and O–H groups in total. The van der Waals surface area contributed by atoms with Gasteiger partial charge >= 0.3 is 5.97 Å². The number of ether oxygens (including phenoxy) is 3. The minimum absolute atomic E-state index is 0.281. The van der Waals surface area contributed by atoms with Crippen molar-refractivity contribution >= 4 is 22.5 Å². The van der Waals surface area contributed by atoms with Crippen LogP contribution in [0.15, 0.2) is 48.5 Å². The van der Waals surface area contributed by atoms with Gasteiger partial charge in [-0.1, -0.05) is 24.3 Å². The summed E-state index contributed by atoms with van der Waals surface area (Å²) in [6.45, 7) is 0.623. The molecular weight excluding hydrogens is 356 g/mol. The van der Waals surface area contributed by atoms with Gasteiger partial charge in [-0.25, -0.2) is 4.79 Å². The summed E-state index contributed by atoms with van der Waals surface area (Å²) in [7, 11) is 0. The fourth-order valence-electron chi connectivity index (χ4n) is 3.93. The summed E-state index contributed by atoms with van der Waals surface area (Å²) in [4.78, 5) is 25.1. The van der Waals surface area contributed by atoms with Crippen LogP contribution in [0, 0.1) is 0 Å². The number of Topliss-reactive ketones (excluding diaryl/α,β-unsaturated/α-hetero) is 1. The van der Waals surface area contributed by atoms with Crippen LogP contribution >= 0.6 is 0 Å². The number of esters is 1. The molecular formula is C23H18O5. The largest absolute Gasteiger partial charge is 0.486 e. The van der Waals surface area contributed by atoms with E-state index in [4.69, 9.17) is 14.2 Å². The Balaban J connectivity index is 1.34. The second kappa shape index (κ2) is 6.68. The summed E-state index contributed by atoms with van der Waals surface area (Å²) in [6.07, 6.45) is 1.99. The molecule has 1 aliphatic carbocycles. The van der Waals surface area contributed by atoms with Crippen molar-refractivity contribution in [3.05, 3.63) is 70.8 Å². The summed E-state index contributed by atoms with van der Waals surface area (Å²) in [5.74, 6) is 0.390. The van der Waals surface area contributed by atoms with Crippen molar-refractivity contribution in [3.63, 3.8) is 0 Å². The van der Waals surface area contributed by atoms with Gasteiger partial charge < -0.3 is 14.2 Å². The SMILES string of the molecule is O=C(COC(=O)c1ccc2c3c(cccc13)CC2)c1ccc2c(c1)OCCO2. The van der Waals surface area contributed by atoms with Gasteiger partial charge in [0.1, 0.15) is 13.2 Å². The van der Waals surface area contributed by atoms with E-state index < -0.39 is 5.97 Å². The lowest BCUT2D eigenvalue weighted by Crippen LogP contribution is -2.17. The molecule has 0 amide bonds. The lowest BCUT2D eigenvalue weighted by Gasteiger charge is -2.18. The van der Waals surface area contributed by atoms with Crippen molar-refractivity contribution in [3.8, 4) is 11.5 Å². The number of fused-ring (bicyclic) bond motifs is 1. The first kappa shape index (κ1) is 16.8. The van der Waals surface area contributed by atoms with Crippen LogP contribution in [0.4, 0.5) is 0 Å². The number of ketones is 1. The molecule has 0 atom stereocenters. The van der Waals surface area contributed by atoms with E-state index in [-0.39, 0.29) is 12.4 Å². The van der Waals surface area contributed by atoms with Gasteiger partial charge in [-0.2, -0.15) is 0 Å². The van der Waals surface area contributed by atoms with E-state index in [0.717, 1.165) is 23.6 Å². The molecule has 0 saturated carbocycles. The van der Waals surface area contributed by atoms with Gasteiger partial charge in [0.15, 0.2) is 23.9 Å². The highest BCUT2D eigenvalue weighted by molar-refractivity contribution is 6.08. The first-order chi connectivity index (χ1) is 13.7. The van der Waals surface area contributed by atoms with Gasteiger partial charge in [0, 0.05) is 5.56 Å². The van der Waals surface area contributed by atoms with Crippen LogP contribution in [0.2, 0.25) is 0 Å². The second-order valence-corrected chi connectivity index (χ2v) is 6.97. The van der Waals surface area contributed by atoms with Gasteiger partial charge in [-0.05, 0) is 59.0 Å². The van der Waals surface area contributed by atoms with Crippen molar-refractivity contribution < 1.29 is 23.8 Å². The highest BCUT2D eigenvalue weighted by Gasteiger charge is 2.21. The first-order valence-corrected chi connectivity index (χ1v) is 9.34. The van der Waals surface area contributed by atoms with E-state index in [2.05, 4.69) is 6.07 Å². The summed E-state index contributed by atoms with van der Waals surface area (Å²) in [5.41, 5.74) is 3.44. The van der Waals surface area contributed by atoms with E-state index in [0.29, 0.717) is 35.8 Å². The molecule has 0 aromatic heterocycles. The molecule has 0 unspecified atom stereocenters. The highest BCUT2D eigenvalue weighted by atomic mass is 16.6. The third-order valence-electron chi connectivity index (χ3n) is 5.30. The molecule has 28 heavy (non-hydrogen) atoms. The molecule has 5 heteroatoms. The number of hydrogen-bond donors (Lipinski definition) is 0. The van der Waals surface area contributed by atoms with Crippen molar-refractivity contribution in [2.75, 3.05) is 19.8 Å². The van der Waals surface area contributed by atoms with Crippen LogP contribution in [0.5, 0.6) is 11.5 Å². The number of carbonyl (C=O) groups is 2. The zero-order chi connectivity index (χ0) is 19.1. The average molecular weight is 374 g/mol. The van der Waals surface area contributed by atoms with Gasteiger partial charge in [0.05, 0.1) is 5.56 Å². The quantitative estimate of drug-likeness (QED) is 0.514. The number of hydrogen-bond acceptors (Lipinski definition) is 5. The van der Waals surface area contributed by atoms with Crippen LogP contribution in [0.3, 0.4) is 0 Å². The molecule has 0 spiro atoms. The Kier molecular flexibility index (Phi) is 4.01. The van der Waals surface area contributed by atoms with Gasteiger partial charge in [0.2, 0.25) is 0 Å².